The van der Waals surface area contributed by atoms with Gasteiger partial charge in [-0.25, -0.2) is 9.59 Å². The number of ether oxygens (including phenoxy) is 1. The monoisotopic (exact) mass is 259 g/mol. The fourth-order valence-electron chi connectivity index (χ4n) is 1.62. The van der Waals surface area contributed by atoms with Gasteiger partial charge in [0, 0.05) is 13.2 Å². The van der Waals surface area contributed by atoms with E-state index in [1.54, 1.807) is 0 Å². The number of carbonyl (C=O) groups is 3. The summed E-state index contributed by atoms with van der Waals surface area (Å²) in [6, 6.07) is -1.97. The normalized spacial score (nSPS) is 20.1. The van der Waals surface area contributed by atoms with Gasteiger partial charge in [0.25, 0.3) is 0 Å². The first kappa shape index (κ1) is 14.2. The molecule has 5 N–H and O–H groups in total. The van der Waals surface area contributed by atoms with Crippen LogP contribution in [0, 0.1) is 0 Å². The lowest BCUT2D eigenvalue weighted by molar-refractivity contribution is -0.140. The summed E-state index contributed by atoms with van der Waals surface area (Å²) in [4.78, 5) is 32.8. The summed E-state index contributed by atoms with van der Waals surface area (Å²) in [5, 5.41) is 13.4. The van der Waals surface area contributed by atoms with Crippen LogP contribution in [0.2, 0.25) is 0 Å². The van der Waals surface area contributed by atoms with Crippen molar-refractivity contribution in [1.82, 2.24) is 10.6 Å². The Bertz CT molecular complexity index is 327. The van der Waals surface area contributed by atoms with Gasteiger partial charge < -0.3 is 26.2 Å². The Labute approximate surface area is 104 Å². The number of amides is 3. The van der Waals surface area contributed by atoms with E-state index in [4.69, 9.17) is 15.6 Å². The first-order valence-corrected chi connectivity index (χ1v) is 5.66. The van der Waals surface area contributed by atoms with Crippen molar-refractivity contribution in [2.24, 2.45) is 5.73 Å². The molecule has 1 fully saturated rings. The second-order valence-electron chi connectivity index (χ2n) is 4.05. The Hall–Kier alpha value is -1.83. The number of urea groups is 1. The van der Waals surface area contributed by atoms with E-state index in [1.807, 2.05) is 0 Å². The van der Waals surface area contributed by atoms with Crippen LogP contribution in [0.5, 0.6) is 0 Å². The zero-order chi connectivity index (χ0) is 13.5. The van der Waals surface area contributed by atoms with Gasteiger partial charge in [-0.05, 0) is 12.8 Å². The van der Waals surface area contributed by atoms with Gasteiger partial charge in [0.1, 0.15) is 6.04 Å². The van der Waals surface area contributed by atoms with Gasteiger partial charge in [0.2, 0.25) is 5.91 Å². The summed E-state index contributed by atoms with van der Waals surface area (Å²) in [5.74, 6) is -2.09. The third-order valence-corrected chi connectivity index (χ3v) is 2.52. The fraction of sp³-hybridized carbons (Fsp3) is 0.700. The average Bonchev–Trinajstić information content (AvgIpc) is 2.77. The van der Waals surface area contributed by atoms with Crippen LogP contribution in [0.4, 0.5) is 4.79 Å². The fourth-order valence-corrected chi connectivity index (χ4v) is 1.62. The Kier molecular flexibility index (Phi) is 5.37. The van der Waals surface area contributed by atoms with Crippen molar-refractivity contribution in [2.45, 2.75) is 31.4 Å². The summed E-state index contributed by atoms with van der Waals surface area (Å²) >= 11 is 0. The molecule has 0 aliphatic carbocycles. The number of hydrogen-bond acceptors (Lipinski definition) is 4. The lowest BCUT2D eigenvalue weighted by Gasteiger charge is -2.15. The van der Waals surface area contributed by atoms with E-state index in [9.17, 15) is 14.4 Å². The molecule has 0 spiro atoms. The molecule has 0 saturated carbocycles. The molecular weight excluding hydrogens is 242 g/mol. The van der Waals surface area contributed by atoms with Crippen molar-refractivity contribution in [2.75, 3.05) is 13.2 Å². The van der Waals surface area contributed by atoms with Gasteiger partial charge >= 0.3 is 12.0 Å². The molecule has 2 unspecified atom stereocenters. The quantitative estimate of drug-likeness (QED) is 0.475. The summed E-state index contributed by atoms with van der Waals surface area (Å²) < 4.78 is 5.29. The number of rotatable bonds is 6. The summed E-state index contributed by atoms with van der Waals surface area (Å²) in [6.45, 7) is 0.988. The van der Waals surface area contributed by atoms with Crippen LogP contribution in [0.25, 0.3) is 0 Å². The summed E-state index contributed by atoms with van der Waals surface area (Å²) in [5.41, 5.74) is 4.89. The number of nitrogens with one attached hydrogen (secondary N) is 2. The summed E-state index contributed by atoms with van der Waals surface area (Å²) in [7, 11) is 0. The SMILES string of the molecule is NC(=O)CC(NC(=O)NCC1CCCO1)C(=O)O. The van der Waals surface area contributed by atoms with Crippen LogP contribution in [-0.4, -0.2) is 48.3 Å². The molecule has 0 bridgehead atoms. The first-order chi connectivity index (χ1) is 8.49. The predicted octanol–water partition coefficient (Wildman–Crippen LogP) is -1.21. The molecule has 8 nitrogen and oxygen atoms in total. The van der Waals surface area contributed by atoms with Gasteiger partial charge in [-0.1, -0.05) is 0 Å². The number of carboxylic acids is 1. The predicted molar refractivity (Wildman–Crippen MR) is 60.7 cm³/mol. The van der Waals surface area contributed by atoms with E-state index >= 15 is 0 Å². The molecule has 0 radical (unpaired) electrons. The molecule has 102 valence electrons. The second-order valence-corrected chi connectivity index (χ2v) is 4.05. The number of carbonyl (C=O) groups excluding carboxylic acids is 2. The van der Waals surface area contributed by atoms with E-state index in [0.29, 0.717) is 13.2 Å². The molecular formula is C10H17N3O5. The zero-order valence-electron chi connectivity index (χ0n) is 9.85. The van der Waals surface area contributed by atoms with Crippen molar-refractivity contribution in [3.63, 3.8) is 0 Å². The Morgan fingerprint density at radius 2 is 2.17 bits per heavy atom. The molecule has 1 aliphatic heterocycles. The maximum Gasteiger partial charge on any atom is 0.326 e. The third-order valence-electron chi connectivity index (χ3n) is 2.52. The Morgan fingerprint density at radius 3 is 2.67 bits per heavy atom. The highest BCUT2D eigenvalue weighted by Crippen LogP contribution is 2.10. The number of hydrogen-bond donors (Lipinski definition) is 4. The highest BCUT2D eigenvalue weighted by Gasteiger charge is 2.23. The van der Waals surface area contributed by atoms with E-state index in [1.165, 1.54) is 0 Å². The number of nitrogens with two attached hydrogens (primary N) is 1. The second kappa shape index (κ2) is 6.80. The van der Waals surface area contributed by atoms with Crippen molar-refractivity contribution in [3.05, 3.63) is 0 Å². The minimum Gasteiger partial charge on any atom is -0.480 e. The van der Waals surface area contributed by atoms with Gasteiger partial charge in [-0.2, -0.15) is 0 Å². The van der Waals surface area contributed by atoms with E-state index in [2.05, 4.69) is 10.6 Å². The largest absolute Gasteiger partial charge is 0.480 e. The highest BCUT2D eigenvalue weighted by atomic mass is 16.5. The lowest BCUT2D eigenvalue weighted by Crippen LogP contribution is -2.48. The lowest BCUT2D eigenvalue weighted by atomic mass is 10.2. The Morgan fingerprint density at radius 1 is 1.44 bits per heavy atom. The molecule has 0 aromatic rings. The van der Waals surface area contributed by atoms with Crippen LogP contribution in [-0.2, 0) is 14.3 Å². The maximum absolute atomic E-state index is 11.4. The molecule has 0 aromatic carbocycles. The summed E-state index contributed by atoms with van der Waals surface area (Å²) in [6.07, 6.45) is 1.34. The van der Waals surface area contributed by atoms with Crippen molar-refractivity contribution < 1.29 is 24.2 Å². The molecule has 0 aromatic heterocycles. The van der Waals surface area contributed by atoms with E-state index < -0.39 is 30.4 Å². The molecule has 1 heterocycles. The van der Waals surface area contributed by atoms with Crippen molar-refractivity contribution in [3.8, 4) is 0 Å². The third kappa shape index (κ3) is 5.00. The number of aliphatic carboxylic acids is 1. The highest BCUT2D eigenvalue weighted by molar-refractivity contribution is 5.87. The van der Waals surface area contributed by atoms with Gasteiger partial charge in [-0.15, -0.1) is 0 Å². The van der Waals surface area contributed by atoms with Gasteiger partial charge in [0.15, 0.2) is 0 Å². The number of primary amides is 1. The molecule has 1 rings (SSSR count). The first-order valence-electron chi connectivity index (χ1n) is 5.66. The van der Waals surface area contributed by atoms with E-state index in [-0.39, 0.29) is 6.10 Å². The van der Waals surface area contributed by atoms with Gasteiger partial charge in [-0.3, -0.25) is 4.79 Å². The van der Waals surface area contributed by atoms with Crippen LogP contribution < -0.4 is 16.4 Å². The van der Waals surface area contributed by atoms with Crippen molar-refractivity contribution in [1.29, 1.82) is 0 Å². The minimum atomic E-state index is -1.31. The smallest absolute Gasteiger partial charge is 0.326 e. The van der Waals surface area contributed by atoms with Crippen LogP contribution in [0.1, 0.15) is 19.3 Å². The molecule has 1 saturated heterocycles. The van der Waals surface area contributed by atoms with Crippen LogP contribution >= 0.6 is 0 Å². The van der Waals surface area contributed by atoms with E-state index in [0.717, 1.165) is 12.8 Å². The average molecular weight is 259 g/mol. The Balaban J connectivity index is 2.31. The maximum atomic E-state index is 11.4. The molecule has 3 amide bonds. The topological polar surface area (TPSA) is 131 Å². The van der Waals surface area contributed by atoms with Crippen LogP contribution in [0.3, 0.4) is 0 Å². The van der Waals surface area contributed by atoms with Gasteiger partial charge in [0.05, 0.1) is 12.5 Å². The van der Waals surface area contributed by atoms with Crippen molar-refractivity contribution >= 4 is 17.9 Å². The molecule has 1 aliphatic rings. The molecule has 2 atom stereocenters. The van der Waals surface area contributed by atoms with Crippen LogP contribution in [0.15, 0.2) is 0 Å². The standard InChI is InChI=1S/C10H17N3O5/c11-8(14)4-7(9(15)16)13-10(17)12-5-6-2-1-3-18-6/h6-7H,1-5H2,(H2,11,14)(H,15,16)(H2,12,13,17). The minimum absolute atomic E-state index is 0.0323. The zero-order valence-corrected chi connectivity index (χ0v) is 9.85. The molecule has 8 heteroatoms. The number of carboxylic acid groups (broad SMARTS) is 1. The molecule has 18 heavy (non-hydrogen) atoms.